The molecular formula is C16H17N3O. The lowest BCUT2D eigenvalue weighted by molar-refractivity contribution is -0.509. The number of benzene rings is 2. The second-order valence-electron chi connectivity index (χ2n) is 4.57. The summed E-state index contributed by atoms with van der Waals surface area (Å²) in [6, 6.07) is 18.6. The summed E-state index contributed by atoms with van der Waals surface area (Å²) in [5.41, 5.74) is 11.2. The van der Waals surface area contributed by atoms with E-state index in [0.29, 0.717) is 13.0 Å². The van der Waals surface area contributed by atoms with Gasteiger partial charge in [0.25, 0.3) is 5.91 Å². The molecule has 0 aromatic heterocycles. The van der Waals surface area contributed by atoms with Crippen LogP contribution < -0.4 is 10.4 Å². The molecule has 0 bridgehead atoms. The highest BCUT2D eigenvalue weighted by Crippen LogP contribution is 2.02. The lowest BCUT2D eigenvalue weighted by Crippen LogP contribution is -2.77. The Bertz CT molecular complexity index is 554. The Morgan fingerprint density at radius 1 is 1.00 bits per heavy atom. The molecule has 0 radical (unpaired) electrons. The molecule has 20 heavy (non-hydrogen) atoms. The summed E-state index contributed by atoms with van der Waals surface area (Å²) >= 11 is 0. The summed E-state index contributed by atoms with van der Waals surface area (Å²) in [7, 11) is 0. The van der Waals surface area contributed by atoms with Gasteiger partial charge in [-0.2, -0.15) is 0 Å². The summed E-state index contributed by atoms with van der Waals surface area (Å²) in [5.74, 6) is -0.222. The quantitative estimate of drug-likeness (QED) is 0.754. The first-order valence-electron chi connectivity index (χ1n) is 6.55. The lowest BCUT2D eigenvalue weighted by atomic mass is 10.1. The maximum Gasteiger partial charge on any atom is 0.288 e. The minimum Gasteiger partial charge on any atom is -0.508 e. The van der Waals surface area contributed by atoms with Crippen molar-refractivity contribution in [1.29, 1.82) is 0 Å². The van der Waals surface area contributed by atoms with Crippen molar-refractivity contribution < 1.29 is 9.91 Å². The normalized spacial score (nSPS) is 11.6. The van der Waals surface area contributed by atoms with Crippen LogP contribution in [-0.2, 0) is 17.8 Å². The number of nitrogens with zero attached hydrogens (tertiary/aromatic N) is 1. The third-order valence-corrected chi connectivity index (χ3v) is 3.06. The number of carbonyl (C=O) groups is 1. The molecule has 4 nitrogen and oxygen atoms in total. The average molecular weight is 267 g/mol. The van der Waals surface area contributed by atoms with Gasteiger partial charge in [0.05, 0.1) is 0 Å². The molecule has 4 heteroatoms. The van der Waals surface area contributed by atoms with E-state index in [1.165, 1.54) is 0 Å². The van der Waals surface area contributed by atoms with Crippen molar-refractivity contribution >= 4 is 5.91 Å². The molecule has 2 aromatic rings. The number of amides is 1. The zero-order valence-corrected chi connectivity index (χ0v) is 11.1. The van der Waals surface area contributed by atoms with Crippen LogP contribution >= 0.6 is 0 Å². The first kappa shape index (κ1) is 13.9. The zero-order valence-electron chi connectivity index (χ0n) is 11.1. The molecule has 0 saturated carbocycles. The monoisotopic (exact) mass is 267 g/mol. The standard InChI is InChI=1S/C16H17N3O/c17-19-15(11-13-7-3-1-4-8-13)16(20)18-12-14-9-5-2-6-10-14/h1-10,15,19H,11-12H2,(H,18,20). The first-order chi connectivity index (χ1) is 9.79. The van der Waals surface area contributed by atoms with Crippen molar-refractivity contribution in [3.8, 4) is 0 Å². The molecule has 2 rings (SSSR count). The lowest BCUT2D eigenvalue weighted by Gasteiger charge is -2.10. The van der Waals surface area contributed by atoms with Crippen molar-refractivity contribution in [1.82, 2.24) is 5.32 Å². The summed E-state index contributed by atoms with van der Waals surface area (Å²) in [5, 5.41) is 4.88. The number of hydrogen-bond donors (Lipinski definition) is 2. The van der Waals surface area contributed by atoms with Crippen molar-refractivity contribution in [3.05, 3.63) is 77.3 Å². The van der Waals surface area contributed by atoms with Gasteiger partial charge in [-0.25, -0.2) is 0 Å². The van der Waals surface area contributed by atoms with Gasteiger partial charge in [0.2, 0.25) is 6.04 Å². The fourth-order valence-electron chi connectivity index (χ4n) is 1.96. The van der Waals surface area contributed by atoms with E-state index in [0.717, 1.165) is 11.1 Å². The second-order valence-corrected chi connectivity index (χ2v) is 4.57. The molecular weight excluding hydrogens is 250 g/mol. The van der Waals surface area contributed by atoms with Gasteiger partial charge in [0.1, 0.15) is 0 Å². The third kappa shape index (κ3) is 4.02. The van der Waals surface area contributed by atoms with Gasteiger partial charge in [0.15, 0.2) is 0 Å². The van der Waals surface area contributed by atoms with Crippen LogP contribution in [0.15, 0.2) is 60.7 Å². The van der Waals surface area contributed by atoms with Crippen LogP contribution in [0.3, 0.4) is 0 Å². The molecule has 1 amide bonds. The van der Waals surface area contributed by atoms with Gasteiger partial charge < -0.3 is 16.0 Å². The highest BCUT2D eigenvalue weighted by Gasteiger charge is 2.20. The predicted octanol–water partition coefficient (Wildman–Crippen LogP) is 1.02. The van der Waals surface area contributed by atoms with E-state index in [9.17, 15) is 4.79 Å². The van der Waals surface area contributed by atoms with Gasteiger partial charge in [-0.15, -0.1) is 0 Å². The largest absolute Gasteiger partial charge is 0.508 e. The fraction of sp³-hybridized carbons (Fsp3) is 0.188. The van der Waals surface area contributed by atoms with E-state index in [1.54, 1.807) is 0 Å². The summed E-state index contributed by atoms with van der Waals surface area (Å²) in [6.45, 7) is 0.451. The van der Waals surface area contributed by atoms with Gasteiger partial charge in [-0.1, -0.05) is 60.7 Å². The molecule has 0 aliphatic heterocycles. The van der Waals surface area contributed by atoms with E-state index >= 15 is 0 Å². The van der Waals surface area contributed by atoms with Crippen LogP contribution in [0.25, 0.3) is 5.53 Å². The Kier molecular flexibility index (Phi) is 5.00. The van der Waals surface area contributed by atoms with Gasteiger partial charge >= 0.3 is 0 Å². The SMILES string of the molecule is [N-]=[NH+]C(Cc1ccccc1)C(=O)NCc1ccccc1. The van der Waals surface area contributed by atoms with E-state index in [4.69, 9.17) is 5.53 Å². The van der Waals surface area contributed by atoms with Crippen LogP contribution in [0.4, 0.5) is 0 Å². The third-order valence-electron chi connectivity index (χ3n) is 3.06. The highest BCUT2D eigenvalue weighted by molar-refractivity contribution is 5.80. The smallest absolute Gasteiger partial charge is 0.288 e. The molecule has 0 heterocycles. The summed E-state index contributed by atoms with van der Waals surface area (Å²) in [6.07, 6.45) is 0.442. The maximum atomic E-state index is 12.0. The molecule has 0 spiro atoms. The van der Waals surface area contributed by atoms with Gasteiger partial charge in [-0.05, 0) is 11.1 Å². The molecule has 1 atom stereocenters. The maximum absolute atomic E-state index is 12.0. The summed E-state index contributed by atoms with van der Waals surface area (Å²) in [4.78, 5) is 12.0. The molecule has 0 saturated heterocycles. The van der Waals surface area contributed by atoms with E-state index in [2.05, 4.69) is 10.4 Å². The van der Waals surface area contributed by atoms with Crippen LogP contribution in [0.5, 0.6) is 0 Å². The molecule has 1 unspecified atom stereocenters. The molecule has 0 aliphatic rings. The van der Waals surface area contributed by atoms with Crippen LogP contribution in [0.2, 0.25) is 0 Å². The van der Waals surface area contributed by atoms with E-state index < -0.39 is 6.04 Å². The Balaban J connectivity index is 1.91. The zero-order chi connectivity index (χ0) is 14.2. The van der Waals surface area contributed by atoms with Crippen LogP contribution in [0.1, 0.15) is 11.1 Å². The number of carbonyl (C=O) groups excluding carboxylic acids is 1. The number of nitrogens with one attached hydrogen (secondary N) is 2. The summed E-state index contributed by atoms with van der Waals surface area (Å²) < 4.78 is 0. The predicted molar refractivity (Wildman–Crippen MR) is 76.5 cm³/mol. The van der Waals surface area contributed by atoms with Crippen molar-refractivity contribution in [2.45, 2.75) is 19.0 Å². The Hall–Kier alpha value is -2.49. The molecule has 0 fully saturated rings. The Morgan fingerprint density at radius 3 is 2.10 bits per heavy atom. The van der Waals surface area contributed by atoms with Crippen LogP contribution in [-0.4, -0.2) is 11.9 Å². The fourth-order valence-corrected chi connectivity index (χ4v) is 1.96. The first-order valence-corrected chi connectivity index (χ1v) is 6.55. The minimum absolute atomic E-state index is 0.222. The van der Waals surface area contributed by atoms with Crippen molar-refractivity contribution in [2.75, 3.05) is 0 Å². The van der Waals surface area contributed by atoms with Crippen LogP contribution in [0, 0.1) is 0 Å². The Morgan fingerprint density at radius 2 is 1.55 bits per heavy atom. The second kappa shape index (κ2) is 7.19. The average Bonchev–Trinajstić information content (AvgIpc) is 2.52. The highest BCUT2D eigenvalue weighted by atomic mass is 16.2. The van der Waals surface area contributed by atoms with Crippen molar-refractivity contribution in [3.63, 3.8) is 0 Å². The van der Waals surface area contributed by atoms with Gasteiger partial charge in [-0.3, -0.25) is 4.79 Å². The van der Waals surface area contributed by atoms with Crippen molar-refractivity contribution in [2.24, 2.45) is 0 Å². The Labute approximate surface area is 118 Å². The minimum atomic E-state index is -0.652. The number of hydrogen-bond acceptors (Lipinski definition) is 1. The topological polar surface area (TPSA) is 65.4 Å². The molecule has 2 N–H and O–H groups in total. The number of rotatable bonds is 6. The van der Waals surface area contributed by atoms with Gasteiger partial charge in [0, 0.05) is 13.0 Å². The van der Waals surface area contributed by atoms with E-state index in [1.807, 2.05) is 60.7 Å². The molecule has 0 aliphatic carbocycles. The van der Waals surface area contributed by atoms with E-state index in [-0.39, 0.29) is 5.91 Å². The molecule has 102 valence electrons. The molecule has 2 aromatic carbocycles.